The number of carbonyl (C=O) groups excluding carboxylic acids is 1. The van der Waals surface area contributed by atoms with Crippen LogP contribution in [0.5, 0.6) is 0 Å². The zero-order valence-electron chi connectivity index (χ0n) is 10.2. The van der Waals surface area contributed by atoms with Crippen LogP contribution in [0.2, 0.25) is 0 Å². The Hall–Kier alpha value is -1.44. The van der Waals surface area contributed by atoms with Gasteiger partial charge in [0.15, 0.2) is 0 Å². The molecule has 1 unspecified atom stereocenters. The van der Waals surface area contributed by atoms with Crippen LogP contribution in [-0.4, -0.2) is 26.7 Å². The molecule has 0 spiro atoms. The van der Waals surface area contributed by atoms with Crippen LogP contribution in [0, 0.1) is 10.1 Å². The minimum atomic E-state index is -0.599. The maximum atomic E-state index is 11.6. The Bertz CT molecular complexity index is 446. The fourth-order valence-corrected chi connectivity index (χ4v) is 2.02. The summed E-state index contributed by atoms with van der Waals surface area (Å²) in [7, 11) is 0. The number of hydrogen-bond acceptors (Lipinski definition) is 4. The lowest BCUT2D eigenvalue weighted by Gasteiger charge is -2.11. The van der Waals surface area contributed by atoms with Crippen molar-refractivity contribution in [1.29, 1.82) is 0 Å². The molecule has 1 atom stereocenters. The number of rotatable bonds is 6. The van der Waals surface area contributed by atoms with Crippen LogP contribution < -0.4 is 5.32 Å². The van der Waals surface area contributed by atoms with Gasteiger partial charge in [0.2, 0.25) is 5.91 Å². The van der Waals surface area contributed by atoms with Gasteiger partial charge >= 0.3 is 5.82 Å². The molecule has 1 N–H and O–H groups in total. The Labute approximate surface area is 113 Å². The van der Waals surface area contributed by atoms with E-state index in [9.17, 15) is 14.9 Å². The molecule has 1 aromatic rings. The molecule has 1 rings (SSSR count). The van der Waals surface area contributed by atoms with Crippen LogP contribution >= 0.6 is 15.9 Å². The van der Waals surface area contributed by atoms with Crippen LogP contribution in [0.15, 0.2) is 10.7 Å². The zero-order valence-corrected chi connectivity index (χ0v) is 11.8. The topological polar surface area (TPSA) is 90.1 Å². The molecule has 1 aromatic heterocycles. The molecule has 8 heteroatoms. The summed E-state index contributed by atoms with van der Waals surface area (Å²) in [5.41, 5.74) is 0. The lowest BCUT2D eigenvalue weighted by Crippen LogP contribution is -2.35. The first-order chi connectivity index (χ1) is 8.43. The van der Waals surface area contributed by atoms with Crippen molar-refractivity contribution in [2.45, 2.75) is 39.3 Å². The zero-order chi connectivity index (χ0) is 13.7. The molecular weight excluding hydrogens is 304 g/mol. The summed E-state index contributed by atoms with van der Waals surface area (Å²) in [6, 6.07) is 0.0940. The van der Waals surface area contributed by atoms with Crippen molar-refractivity contribution in [3.8, 4) is 0 Å². The van der Waals surface area contributed by atoms with Crippen LogP contribution in [0.4, 0.5) is 5.82 Å². The standard InChI is InChI=1S/C10H15BrN4O3/c1-3-4-7(2)12-9(16)6-14-5-8(11)10(13-14)15(17)18/h5,7H,3-4,6H2,1-2H3,(H,12,16). The lowest BCUT2D eigenvalue weighted by molar-refractivity contribution is -0.390. The van der Waals surface area contributed by atoms with Crippen LogP contribution in [0.3, 0.4) is 0 Å². The van der Waals surface area contributed by atoms with Gasteiger partial charge in [-0.15, -0.1) is 0 Å². The lowest BCUT2D eigenvalue weighted by atomic mass is 10.2. The van der Waals surface area contributed by atoms with Crippen molar-refractivity contribution in [1.82, 2.24) is 15.1 Å². The second-order valence-corrected chi connectivity index (χ2v) is 4.87. The van der Waals surface area contributed by atoms with E-state index < -0.39 is 4.92 Å². The number of nitrogens with zero attached hydrogens (tertiary/aromatic N) is 3. The third-order valence-corrected chi connectivity index (χ3v) is 2.87. The van der Waals surface area contributed by atoms with Gasteiger partial charge in [-0.3, -0.25) is 4.79 Å². The van der Waals surface area contributed by atoms with Crippen LogP contribution in [-0.2, 0) is 11.3 Å². The Balaban J connectivity index is 2.59. The summed E-state index contributed by atoms with van der Waals surface area (Å²) >= 11 is 3.03. The molecule has 0 aromatic carbocycles. The molecule has 7 nitrogen and oxygen atoms in total. The Morgan fingerprint density at radius 3 is 2.89 bits per heavy atom. The molecule has 18 heavy (non-hydrogen) atoms. The molecule has 0 saturated heterocycles. The molecule has 0 aliphatic heterocycles. The maximum Gasteiger partial charge on any atom is 0.404 e. The van der Waals surface area contributed by atoms with E-state index >= 15 is 0 Å². The van der Waals surface area contributed by atoms with Gasteiger partial charge in [0, 0.05) is 6.04 Å². The summed E-state index contributed by atoms with van der Waals surface area (Å²) < 4.78 is 1.51. The Morgan fingerprint density at radius 2 is 2.39 bits per heavy atom. The number of amides is 1. The molecule has 0 aliphatic carbocycles. The summed E-state index contributed by atoms with van der Waals surface area (Å²) in [6.45, 7) is 3.93. The van der Waals surface area contributed by atoms with E-state index in [-0.39, 0.29) is 28.8 Å². The van der Waals surface area contributed by atoms with E-state index in [4.69, 9.17) is 0 Å². The highest BCUT2D eigenvalue weighted by Gasteiger charge is 2.20. The molecule has 0 aliphatic rings. The van der Waals surface area contributed by atoms with Crippen molar-refractivity contribution >= 4 is 27.7 Å². The van der Waals surface area contributed by atoms with Crippen molar-refractivity contribution < 1.29 is 9.72 Å². The van der Waals surface area contributed by atoms with E-state index in [2.05, 4.69) is 26.3 Å². The van der Waals surface area contributed by atoms with Crippen molar-refractivity contribution in [3.63, 3.8) is 0 Å². The van der Waals surface area contributed by atoms with Crippen molar-refractivity contribution in [2.24, 2.45) is 0 Å². The van der Waals surface area contributed by atoms with E-state index in [1.165, 1.54) is 10.9 Å². The number of nitro groups is 1. The Kier molecular flexibility index (Phi) is 5.26. The summed E-state index contributed by atoms with van der Waals surface area (Å²) in [4.78, 5) is 21.6. The first-order valence-electron chi connectivity index (χ1n) is 5.60. The van der Waals surface area contributed by atoms with Gasteiger partial charge in [-0.2, -0.15) is 4.68 Å². The second kappa shape index (κ2) is 6.48. The van der Waals surface area contributed by atoms with Gasteiger partial charge in [0.1, 0.15) is 11.0 Å². The first-order valence-corrected chi connectivity index (χ1v) is 6.40. The number of nitrogens with one attached hydrogen (secondary N) is 1. The average molecular weight is 319 g/mol. The monoisotopic (exact) mass is 318 g/mol. The quantitative estimate of drug-likeness (QED) is 0.640. The molecule has 0 radical (unpaired) electrons. The van der Waals surface area contributed by atoms with E-state index in [1.807, 2.05) is 13.8 Å². The first kappa shape index (κ1) is 14.6. The summed E-state index contributed by atoms with van der Waals surface area (Å²) in [6.07, 6.45) is 3.30. The number of hydrogen-bond donors (Lipinski definition) is 1. The molecular formula is C10H15BrN4O3. The normalized spacial score (nSPS) is 12.2. The predicted molar refractivity (Wildman–Crippen MR) is 69.1 cm³/mol. The number of halogens is 1. The molecule has 0 saturated carbocycles. The van der Waals surface area contributed by atoms with Gasteiger partial charge in [-0.1, -0.05) is 13.3 Å². The fraction of sp³-hybridized carbons (Fsp3) is 0.600. The SMILES string of the molecule is CCCC(C)NC(=O)Cn1cc(Br)c([N+](=O)[O-])n1. The molecule has 1 amide bonds. The predicted octanol–water partition coefficient (Wildman–Crippen LogP) is 1.86. The van der Waals surface area contributed by atoms with E-state index in [0.717, 1.165) is 12.8 Å². The van der Waals surface area contributed by atoms with Crippen molar-refractivity contribution in [2.75, 3.05) is 0 Å². The second-order valence-electron chi connectivity index (χ2n) is 4.01. The third kappa shape index (κ3) is 4.10. The average Bonchev–Trinajstić information content (AvgIpc) is 2.59. The molecule has 0 fully saturated rings. The highest BCUT2D eigenvalue weighted by atomic mass is 79.9. The van der Waals surface area contributed by atoms with Gasteiger partial charge in [-0.25, -0.2) is 0 Å². The molecule has 1 heterocycles. The Morgan fingerprint density at radius 1 is 1.72 bits per heavy atom. The number of carbonyl (C=O) groups is 1. The van der Waals surface area contributed by atoms with Gasteiger partial charge in [0.25, 0.3) is 0 Å². The van der Waals surface area contributed by atoms with E-state index in [1.54, 1.807) is 0 Å². The largest absolute Gasteiger partial charge is 0.404 e. The number of aromatic nitrogens is 2. The van der Waals surface area contributed by atoms with Crippen LogP contribution in [0.1, 0.15) is 26.7 Å². The fourth-order valence-electron chi connectivity index (χ4n) is 1.56. The highest BCUT2D eigenvalue weighted by Crippen LogP contribution is 2.21. The minimum absolute atomic E-state index is 0.0273. The van der Waals surface area contributed by atoms with E-state index in [0.29, 0.717) is 0 Å². The molecule has 100 valence electrons. The van der Waals surface area contributed by atoms with Gasteiger partial charge in [0.05, 0.1) is 11.3 Å². The smallest absolute Gasteiger partial charge is 0.358 e. The maximum absolute atomic E-state index is 11.6. The highest BCUT2D eigenvalue weighted by molar-refractivity contribution is 9.10. The summed E-state index contributed by atoms with van der Waals surface area (Å²) in [5.74, 6) is -0.495. The van der Waals surface area contributed by atoms with Crippen LogP contribution in [0.25, 0.3) is 0 Å². The minimum Gasteiger partial charge on any atom is -0.358 e. The summed E-state index contributed by atoms with van der Waals surface area (Å²) in [5, 5.41) is 17.1. The van der Waals surface area contributed by atoms with Gasteiger partial charge in [-0.05, 0) is 34.2 Å². The third-order valence-electron chi connectivity index (χ3n) is 2.31. The van der Waals surface area contributed by atoms with Crippen molar-refractivity contribution in [3.05, 3.63) is 20.8 Å². The van der Waals surface area contributed by atoms with Gasteiger partial charge < -0.3 is 15.4 Å². The molecule has 0 bridgehead atoms.